The van der Waals surface area contributed by atoms with Crippen molar-refractivity contribution < 1.29 is 18.8 Å². The maximum absolute atomic E-state index is 13.3. The molecule has 9 heteroatoms. The van der Waals surface area contributed by atoms with Crippen molar-refractivity contribution in [3.63, 3.8) is 0 Å². The predicted octanol–water partition coefficient (Wildman–Crippen LogP) is 5.06. The molecule has 0 radical (unpaired) electrons. The van der Waals surface area contributed by atoms with Gasteiger partial charge in [-0.3, -0.25) is 14.4 Å². The van der Waals surface area contributed by atoms with Gasteiger partial charge in [0, 0.05) is 52.7 Å². The Morgan fingerprint density at radius 3 is 2.50 bits per heavy atom. The van der Waals surface area contributed by atoms with Crippen molar-refractivity contribution in [2.45, 2.75) is 19.4 Å². The third kappa shape index (κ3) is 4.26. The number of carbonyl (C=O) groups is 3. The second-order valence-electron chi connectivity index (χ2n) is 9.78. The number of aromatic amines is 1. The molecule has 1 fully saturated rings. The molecular formula is C31H26FN5O3. The Morgan fingerprint density at radius 2 is 1.80 bits per heavy atom. The third-order valence-electron chi connectivity index (χ3n) is 7.41. The summed E-state index contributed by atoms with van der Waals surface area (Å²) in [5.41, 5.74) is 17.5. The van der Waals surface area contributed by atoms with Gasteiger partial charge in [0.1, 0.15) is 5.82 Å². The average molecular weight is 536 g/mol. The molecule has 5 aromatic rings. The molecule has 0 atom stereocenters. The minimum atomic E-state index is -0.572. The molecule has 1 aromatic heterocycles. The van der Waals surface area contributed by atoms with Gasteiger partial charge in [-0.05, 0) is 71.6 Å². The Hall–Kier alpha value is -5.02. The highest BCUT2D eigenvalue weighted by Gasteiger charge is 2.24. The lowest BCUT2D eigenvalue weighted by Crippen LogP contribution is -2.23. The van der Waals surface area contributed by atoms with E-state index in [9.17, 15) is 18.8 Å². The van der Waals surface area contributed by atoms with Gasteiger partial charge < -0.3 is 26.7 Å². The molecule has 3 amide bonds. The Kier molecular flexibility index (Phi) is 6.28. The number of H-pyrrole nitrogens is 1. The normalized spacial score (nSPS) is 13.3. The van der Waals surface area contributed by atoms with Crippen molar-refractivity contribution >= 4 is 50.9 Å². The molecule has 200 valence electrons. The van der Waals surface area contributed by atoms with Crippen LogP contribution in [0, 0.1) is 5.82 Å². The summed E-state index contributed by atoms with van der Waals surface area (Å²) in [6, 6.07) is 20.0. The van der Waals surface area contributed by atoms with Gasteiger partial charge in [-0.15, -0.1) is 0 Å². The number of carbonyl (C=O) groups excluding carboxylic acids is 3. The number of nitrogens with zero attached hydrogens (tertiary/aromatic N) is 1. The first kappa shape index (κ1) is 25.3. The number of amides is 3. The molecular weight excluding hydrogens is 509 g/mol. The number of rotatable bonds is 6. The molecule has 1 aliphatic rings. The second-order valence-corrected chi connectivity index (χ2v) is 9.78. The maximum atomic E-state index is 13.3. The van der Waals surface area contributed by atoms with Crippen molar-refractivity contribution in [3.05, 3.63) is 95.3 Å². The molecule has 0 bridgehead atoms. The molecule has 40 heavy (non-hydrogen) atoms. The fourth-order valence-electron chi connectivity index (χ4n) is 5.49. The number of anilines is 2. The smallest absolute Gasteiger partial charge is 0.255 e. The van der Waals surface area contributed by atoms with Gasteiger partial charge >= 0.3 is 0 Å². The van der Waals surface area contributed by atoms with Crippen LogP contribution in [0.15, 0.2) is 72.8 Å². The van der Waals surface area contributed by atoms with E-state index in [1.54, 1.807) is 17.0 Å². The monoisotopic (exact) mass is 535 g/mol. The van der Waals surface area contributed by atoms with E-state index in [2.05, 4.69) is 10.3 Å². The van der Waals surface area contributed by atoms with Gasteiger partial charge in [0.05, 0.1) is 11.1 Å². The quantitative estimate of drug-likeness (QED) is 0.242. The van der Waals surface area contributed by atoms with Crippen molar-refractivity contribution in [1.29, 1.82) is 0 Å². The van der Waals surface area contributed by atoms with E-state index in [0.29, 0.717) is 40.9 Å². The van der Waals surface area contributed by atoms with Gasteiger partial charge in [-0.25, -0.2) is 4.39 Å². The largest absolute Gasteiger partial charge is 0.366 e. The molecule has 4 aromatic carbocycles. The van der Waals surface area contributed by atoms with Crippen molar-refractivity contribution in [2.24, 2.45) is 11.5 Å². The standard InChI is InChI=1S/C31H26FN5O3/c32-18-8-6-17(7-9-18)31(40)36-25-4-1-3-20(24(25)16-33)21-12-13-23(30(34)39)29-28(21)22-11-10-19(15-26(22)35-29)37-14-2-5-27(37)38/h1,3-4,6-13,15,35H,2,5,14,16,33H2,(H2,34,39)(H,36,40). The summed E-state index contributed by atoms with van der Waals surface area (Å²) in [7, 11) is 0. The van der Waals surface area contributed by atoms with Gasteiger partial charge in [-0.2, -0.15) is 0 Å². The van der Waals surface area contributed by atoms with Crippen LogP contribution in [0.3, 0.4) is 0 Å². The minimum absolute atomic E-state index is 0.0843. The van der Waals surface area contributed by atoms with E-state index in [1.165, 1.54) is 24.3 Å². The number of nitrogens with one attached hydrogen (secondary N) is 2. The van der Waals surface area contributed by atoms with E-state index in [-0.39, 0.29) is 12.5 Å². The first-order valence-corrected chi connectivity index (χ1v) is 12.9. The fraction of sp³-hybridized carbons (Fsp3) is 0.129. The highest BCUT2D eigenvalue weighted by atomic mass is 19.1. The Balaban J connectivity index is 1.50. The van der Waals surface area contributed by atoms with E-state index in [4.69, 9.17) is 11.5 Å². The molecule has 0 spiro atoms. The molecule has 6 rings (SSSR count). The first-order chi connectivity index (χ1) is 19.4. The molecule has 1 saturated heterocycles. The summed E-state index contributed by atoms with van der Waals surface area (Å²) in [6.45, 7) is 0.788. The summed E-state index contributed by atoms with van der Waals surface area (Å²) < 4.78 is 13.3. The van der Waals surface area contributed by atoms with Crippen molar-refractivity contribution in [3.8, 4) is 11.1 Å². The van der Waals surface area contributed by atoms with Crippen LogP contribution in [-0.2, 0) is 11.3 Å². The summed E-state index contributed by atoms with van der Waals surface area (Å²) in [4.78, 5) is 42.8. The lowest BCUT2D eigenvalue weighted by molar-refractivity contribution is -0.117. The highest BCUT2D eigenvalue weighted by Crippen LogP contribution is 2.40. The first-order valence-electron chi connectivity index (χ1n) is 12.9. The molecule has 8 nitrogen and oxygen atoms in total. The third-order valence-corrected chi connectivity index (χ3v) is 7.41. The van der Waals surface area contributed by atoms with Crippen LogP contribution >= 0.6 is 0 Å². The number of primary amides is 1. The summed E-state index contributed by atoms with van der Waals surface area (Å²) in [5.74, 6) is -1.31. The van der Waals surface area contributed by atoms with Gasteiger partial charge in [0.15, 0.2) is 0 Å². The van der Waals surface area contributed by atoms with Crippen molar-refractivity contribution in [2.75, 3.05) is 16.8 Å². The highest BCUT2D eigenvalue weighted by molar-refractivity contribution is 6.20. The van der Waals surface area contributed by atoms with Crippen LogP contribution in [0.4, 0.5) is 15.8 Å². The fourth-order valence-corrected chi connectivity index (χ4v) is 5.49. The average Bonchev–Trinajstić information content (AvgIpc) is 3.55. The van der Waals surface area contributed by atoms with Crippen LogP contribution in [0.1, 0.15) is 39.1 Å². The zero-order valence-corrected chi connectivity index (χ0v) is 21.5. The topological polar surface area (TPSA) is 134 Å². The van der Waals surface area contributed by atoms with Crippen LogP contribution in [0.25, 0.3) is 32.9 Å². The Morgan fingerprint density at radius 1 is 1.00 bits per heavy atom. The molecule has 0 saturated carbocycles. The lowest BCUT2D eigenvalue weighted by atomic mass is 9.92. The molecule has 1 aliphatic heterocycles. The zero-order valence-electron chi connectivity index (χ0n) is 21.5. The predicted molar refractivity (Wildman–Crippen MR) is 154 cm³/mol. The number of hydrogen-bond acceptors (Lipinski definition) is 4. The summed E-state index contributed by atoms with van der Waals surface area (Å²) >= 11 is 0. The van der Waals surface area contributed by atoms with Gasteiger partial charge in [-0.1, -0.05) is 24.3 Å². The van der Waals surface area contributed by atoms with Crippen LogP contribution in [0.5, 0.6) is 0 Å². The summed E-state index contributed by atoms with van der Waals surface area (Å²) in [5, 5.41) is 4.53. The molecule has 2 heterocycles. The number of nitrogens with two attached hydrogens (primary N) is 2. The second kappa shape index (κ2) is 9.94. The van der Waals surface area contributed by atoms with Gasteiger partial charge in [0.2, 0.25) is 5.91 Å². The summed E-state index contributed by atoms with van der Waals surface area (Å²) in [6.07, 6.45) is 1.34. The molecule has 6 N–H and O–H groups in total. The van der Waals surface area contributed by atoms with E-state index >= 15 is 0 Å². The van der Waals surface area contributed by atoms with Gasteiger partial charge in [0.25, 0.3) is 11.8 Å². The number of halogens is 1. The number of hydrogen-bond donors (Lipinski definition) is 4. The molecule has 0 aliphatic carbocycles. The number of benzene rings is 4. The SMILES string of the molecule is NCc1c(NC(=O)c2ccc(F)cc2)cccc1-c1ccc(C(N)=O)c2[nH]c3cc(N4CCCC4=O)ccc3c12. The Labute approximate surface area is 228 Å². The zero-order chi connectivity index (χ0) is 28.0. The van der Waals surface area contributed by atoms with Crippen LogP contribution in [0.2, 0.25) is 0 Å². The van der Waals surface area contributed by atoms with E-state index < -0.39 is 17.6 Å². The number of aromatic nitrogens is 1. The maximum Gasteiger partial charge on any atom is 0.255 e. The van der Waals surface area contributed by atoms with Crippen molar-refractivity contribution in [1.82, 2.24) is 4.98 Å². The minimum Gasteiger partial charge on any atom is -0.366 e. The lowest BCUT2D eigenvalue weighted by Gasteiger charge is -2.17. The van der Waals surface area contributed by atoms with E-state index in [1.807, 2.05) is 36.4 Å². The molecule has 0 unspecified atom stereocenters. The van der Waals surface area contributed by atoms with Crippen LogP contribution < -0.4 is 21.7 Å². The van der Waals surface area contributed by atoms with E-state index in [0.717, 1.165) is 39.5 Å². The Bertz CT molecular complexity index is 1830. The number of fused-ring (bicyclic) bond motifs is 3. The van der Waals surface area contributed by atoms with Crippen LogP contribution in [-0.4, -0.2) is 29.3 Å².